The van der Waals surface area contributed by atoms with E-state index in [1.54, 1.807) is 38.5 Å². The third kappa shape index (κ3) is 3.89. The van der Waals surface area contributed by atoms with Crippen LogP contribution in [0.5, 0.6) is 0 Å². The van der Waals surface area contributed by atoms with Gasteiger partial charge in [0.25, 0.3) is 0 Å². The van der Waals surface area contributed by atoms with Crippen molar-refractivity contribution in [2.45, 2.75) is 88.6 Å². The molecule has 6 fully saturated rings. The Morgan fingerprint density at radius 3 is 1.56 bits per heavy atom. The molecule has 6 rings (SSSR count). The minimum atomic E-state index is 0. The molecule has 0 aromatic rings. The summed E-state index contributed by atoms with van der Waals surface area (Å²) in [6.45, 7) is 5.49. The molecule has 0 atom stereocenters. The maximum absolute atomic E-state index is 2.99. The highest BCUT2D eigenvalue weighted by atomic mass is 35.5. The third-order valence-corrected chi connectivity index (χ3v) is 8.33. The van der Waals surface area contributed by atoms with Crippen LogP contribution >= 0.6 is 24.8 Å². The Morgan fingerprint density at radius 1 is 0.600 bits per heavy atom. The molecule has 0 spiro atoms. The van der Waals surface area contributed by atoms with Crippen molar-refractivity contribution >= 4 is 24.8 Å². The molecule has 5 aliphatic carbocycles. The third-order valence-electron chi connectivity index (χ3n) is 8.33. The van der Waals surface area contributed by atoms with Crippen LogP contribution in [0.25, 0.3) is 0 Å². The summed E-state index contributed by atoms with van der Waals surface area (Å²) in [5.74, 6) is 3.29. The molecule has 0 radical (unpaired) electrons. The first-order valence-electron chi connectivity index (χ1n) is 10.8. The Labute approximate surface area is 167 Å². The van der Waals surface area contributed by atoms with Crippen LogP contribution < -0.4 is 0 Å². The second-order valence-electron chi connectivity index (χ2n) is 9.81. The monoisotopic (exact) mass is 388 g/mol. The van der Waals surface area contributed by atoms with Gasteiger partial charge in [0.15, 0.2) is 0 Å². The summed E-state index contributed by atoms with van der Waals surface area (Å²) in [6.07, 6.45) is 18.3. The van der Waals surface area contributed by atoms with E-state index in [9.17, 15) is 0 Å². The van der Waals surface area contributed by atoms with Crippen molar-refractivity contribution < 1.29 is 0 Å². The molecule has 1 saturated heterocycles. The number of hydrogen-bond donors (Lipinski definition) is 0. The Balaban J connectivity index is 0.000000911. The summed E-state index contributed by atoms with van der Waals surface area (Å²) < 4.78 is 0. The minimum Gasteiger partial charge on any atom is -0.298 e. The fraction of sp³-hybridized carbons (Fsp3) is 1.00. The van der Waals surface area contributed by atoms with Crippen LogP contribution in [0.1, 0.15) is 77.0 Å². The molecule has 1 aliphatic heterocycles. The minimum absolute atomic E-state index is 0. The van der Waals surface area contributed by atoms with E-state index in [0.29, 0.717) is 5.54 Å². The van der Waals surface area contributed by atoms with Crippen molar-refractivity contribution in [2.75, 3.05) is 26.2 Å². The summed E-state index contributed by atoms with van der Waals surface area (Å²) >= 11 is 0. The highest BCUT2D eigenvalue weighted by Crippen LogP contribution is 2.57. The normalized spacial score (nSPS) is 42.5. The lowest BCUT2D eigenvalue weighted by Gasteiger charge is -2.62. The van der Waals surface area contributed by atoms with Gasteiger partial charge in [-0.2, -0.15) is 0 Å². The smallest absolute Gasteiger partial charge is 0.0218 e. The van der Waals surface area contributed by atoms with Gasteiger partial charge in [-0.25, -0.2) is 0 Å². The van der Waals surface area contributed by atoms with E-state index in [1.165, 1.54) is 64.7 Å². The van der Waals surface area contributed by atoms with Gasteiger partial charge in [0.1, 0.15) is 0 Å². The fourth-order valence-electron chi connectivity index (χ4n) is 7.64. The largest absolute Gasteiger partial charge is 0.298 e. The average molecular weight is 389 g/mol. The predicted molar refractivity (Wildman–Crippen MR) is 110 cm³/mol. The second-order valence-corrected chi connectivity index (χ2v) is 9.81. The highest BCUT2D eigenvalue weighted by Gasteiger charge is 2.53. The number of nitrogens with zero attached hydrogens (tertiary/aromatic N) is 2. The molecule has 0 aromatic carbocycles. The number of hydrogen-bond acceptors (Lipinski definition) is 2. The molecule has 2 nitrogen and oxygen atoms in total. The molecule has 4 bridgehead atoms. The number of piperazine rings is 1. The van der Waals surface area contributed by atoms with E-state index in [0.717, 1.165) is 23.8 Å². The van der Waals surface area contributed by atoms with E-state index in [-0.39, 0.29) is 24.8 Å². The maximum Gasteiger partial charge on any atom is 0.0218 e. The molecule has 6 aliphatic rings. The number of rotatable bonds is 2. The van der Waals surface area contributed by atoms with Crippen LogP contribution in [0.15, 0.2) is 0 Å². The lowest BCUT2D eigenvalue weighted by molar-refractivity contribution is -0.104. The van der Waals surface area contributed by atoms with Crippen LogP contribution in [0.2, 0.25) is 0 Å². The maximum atomic E-state index is 2.99. The first-order chi connectivity index (χ1) is 11.3. The molecular weight excluding hydrogens is 351 g/mol. The summed E-state index contributed by atoms with van der Waals surface area (Å²) in [5, 5.41) is 0. The fourth-order valence-corrected chi connectivity index (χ4v) is 7.64. The van der Waals surface area contributed by atoms with Crippen molar-refractivity contribution in [1.29, 1.82) is 0 Å². The zero-order valence-corrected chi connectivity index (χ0v) is 17.5. The zero-order chi connectivity index (χ0) is 15.3. The van der Waals surface area contributed by atoms with Crippen LogP contribution in [-0.4, -0.2) is 47.6 Å². The van der Waals surface area contributed by atoms with Crippen molar-refractivity contribution in [1.82, 2.24) is 9.80 Å². The van der Waals surface area contributed by atoms with Crippen LogP contribution in [-0.2, 0) is 0 Å². The predicted octanol–water partition coefficient (Wildman–Crippen LogP) is 5.14. The highest BCUT2D eigenvalue weighted by molar-refractivity contribution is 5.85. The van der Waals surface area contributed by atoms with Gasteiger partial charge in [0, 0.05) is 37.8 Å². The Bertz CT molecular complexity index is 390. The van der Waals surface area contributed by atoms with Gasteiger partial charge in [0.2, 0.25) is 0 Å². The van der Waals surface area contributed by atoms with Gasteiger partial charge >= 0.3 is 0 Å². The summed E-state index contributed by atoms with van der Waals surface area (Å²) in [4.78, 5) is 5.87. The van der Waals surface area contributed by atoms with Crippen LogP contribution in [0, 0.1) is 17.8 Å². The molecule has 0 amide bonds. The topological polar surface area (TPSA) is 6.48 Å². The van der Waals surface area contributed by atoms with Gasteiger partial charge in [-0.15, -0.1) is 24.8 Å². The molecular formula is C21H38Cl2N2. The first-order valence-corrected chi connectivity index (χ1v) is 10.8. The summed E-state index contributed by atoms with van der Waals surface area (Å²) in [6, 6.07) is 0.927. The lowest BCUT2D eigenvalue weighted by atomic mass is 9.52. The standard InChI is InChI=1S/C21H36N2.2ClH/c1-2-4-6-20(5-3-1)22-7-9-23(10-8-22)21-14-17-11-18(15-21)13-19(12-17)16-21;;/h17-20H,1-16H2;2*1H. The van der Waals surface area contributed by atoms with E-state index < -0.39 is 0 Å². The van der Waals surface area contributed by atoms with Gasteiger partial charge < -0.3 is 0 Å². The summed E-state index contributed by atoms with van der Waals surface area (Å²) in [7, 11) is 0. The van der Waals surface area contributed by atoms with Gasteiger partial charge in [-0.3, -0.25) is 9.80 Å². The SMILES string of the molecule is C1CCCC(N2CCN(C34CC5CC(CC(C5)C3)C4)CC2)CC1.Cl.Cl. The molecule has 0 unspecified atom stereocenters. The molecule has 0 N–H and O–H groups in total. The second kappa shape index (κ2) is 8.25. The molecule has 5 saturated carbocycles. The van der Waals surface area contributed by atoms with Crippen LogP contribution in [0.3, 0.4) is 0 Å². The first kappa shape index (κ1) is 20.2. The summed E-state index contributed by atoms with van der Waals surface area (Å²) in [5.41, 5.74) is 0.657. The van der Waals surface area contributed by atoms with Gasteiger partial charge in [-0.1, -0.05) is 25.7 Å². The molecule has 1 heterocycles. The van der Waals surface area contributed by atoms with Crippen molar-refractivity contribution in [3.63, 3.8) is 0 Å². The van der Waals surface area contributed by atoms with Crippen LogP contribution in [0.4, 0.5) is 0 Å². The van der Waals surface area contributed by atoms with Gasteiger partial charge in [0.05, 0.1) is 0 Å². The van der Waals surface area contributed by atoms with E-state index in [4.69, 9.17) is 0 Å². The number of halogens is 2. The van der Waals surface area contributed by atoms with E-state index in [2.05, 4.69) is 9.80 Å². The Morgan fingerprint density at radius 2 is 1.08 bits per heavy atom. The quantitative estimate of drug-likeness (QED) is 0.604. The Hall–Kier alpha value is 0.500. The molecule has 146 valence electrons. The van der Waals surface area contributed by atoms with E-state index in [1.807, 2.05) is 0 Å². The Kier molecular flexibility index (Phi) is 6.68. The molecule has 0 aromatic heterocycles. The average Bonchev–Trinajstić information content (AvgIpc) is 2.83. The van der Waals surface area contributed by atoms with Crippen molar-refractivity contribution in [3.05, 3.63) is 0 Å². The lowest BCUT2D eigenvalue weighted by Crippen LogP contribution is -2.64. The van der Waals surface area contributed by atoms with Gasteiger partial charge in [-0.05, 0) is 69.1 Å². The van der Waals surface area contributed by atoms with Crippen molar-refractivity contribution in [3.8, 4) is 0 Å². The molecule has 4 heteroatoms. The van der Waals surface area contributed by atoms with E-state index >= 15 is 0 Å². The molecule has 25 heavy (non-hydrogen) atoms. The zero-order valence-electron chi connectivity index (χ0n) is 15.8. The van der Waals surface area contributed by atoms with Crippen molar-refractivity contribution in [2.24, 2.45) is 17.8 Å².